The van der Waals surface area contributed by atoms with Gasteiger partial charge in [-0.1, -0.05) is 16.8 Å². The van der Waals surface area contributed by atoms with Gasteiger partial charge in [0.15, 0.2) is 5.82 Å². The Morgan fingerprint density at radius 1 is 1.50 bits per heavy atom. The second kappa shape index (κ2) is 4.37. The van der Waals surface area contributed by atoms with Gasteiger partial charge in [-0.05, 0) is 19.3 Å². The summed E-state index contributed by atoms with van der Waals surface area (Å²) < 4.78 is 6.94. The molecule has 2 heterocycles. The van der Waals surface area contributed by atoms with Crippen LogP contribution in [0.4, 0.5) is 0 Å². The number of halogens is 1. The van der Waals surface area contributed by atoms with E-state index in [9.17, 15) is 0 Å². The lowest BCUT2D eigenvalue weighted by molar-refractivity contribution is 0.229. The number of hydrogen-bond acceptors (Lipinski definition) is 5. The van der Waals surface area contributed by atoms with Crippen LogP contribution in [0.2, 0.25) is 5.02 Å². The Morgan fingerprint density at radius 3 is 2.94 bits per heavy atom. The molecule has 0 unspecified atom stereocenters. The smallest absolute Gasteiger partial charge is 0.228 e. The molecule has 0 aromatic carbocycles. The highest BCUT2D eigenvalue weighted by molar-refractivity contribution is 6.30. The molecule has 0 amide bonds. The zero-order valence-electron chi connectivity index (χ0n) is 9.84. The van der Waals surface area contributed by atoms with Crippen LogP contribution in [-0.2, 0) is 18.5 Å². The van der Waals surface area contributed by atoms with Crippen LogP contribution < -0.4 is 5.73 Å². The van der Waals surface area contributed by atoms with E-state index in [2.05, 4.69) is 15.2 Å². The van der Waals surface area contributed by atoms with Crippen LogP contribution in [-0.4, -0.2) is 19.9 Å². The van der Waals surface area contributed by atoms with Crippen molar-refractivity contribution in [3.8, 4) is 0 Å². The topological polar surface area (TPSA) is 82.8 Å². The molecule has 1 aliphatic rings. The highest BCUT2D eigenvalue weighted by atomic mass is 35.5. The molecule has 2 aromatic rings. The SMILES string of the molecule is NC1(c2noc(CCn3cc(Cl)cn3)n2)CCC1. The molecule has 0 atom stereocenters. The van der Waals surface area contributed by atoms with Crippen LogP contribution in [0.3, 0.4) is 0 Å². The fourth-order valence-corrected chi connectivity index (χ4v) is 2.17. The first-order chi connectivity index (χ1) is 8.66. The third kappa shape index (κ3) is 2.13. The monoisotopic (exact) mass is 267 g/mol. The van der Waals surface area contributed by atoms with Crippen LogP contribution >= 0.6 is 11.6 Å². The molecule has 0 bridgehead atoms. The molecule has 18 heavy (non-hydrogen) atoms. The van der Waals surface area contributed by atoms with Crippen molar-refractivity contribution in [1.82, 2.24) is 19.9 Å². The van der Waals surface area contributed by atoms with Crippen LogP contribution in [0.25, 0.3) is 0 Å². The van der Waals surface area contributed by atoms with Crippen LogP contribution in [0.5, 0.6) is 0 Å². The first kappa shape index (κ1) is 11.7. The van der Waals surface area contributed by atoms with Gasteiger partial charge in [0.1, 0.15) is 0 Å². The Balaban J connectivity index is 1.63. The molecule has 0 spiro atoms. The Bertz CT molecular complexity index is 545. The van der Waals surface area contributed by atoms with Gasteiger partial charge < -0.3 is 10.3 Å². The van der Waals surface area contributed by atoms with Crippen molar-refractivity contribution in [2.45, 2.75) is 37.8 Å². The minimum absolute atomic E-state index is 0.364. The van der Waals surface area contributed by atoms with Crippen molar-refractivity contribution in [3.63, 3.8) is 0 Å². The summed E-state index contributed by atoms with van der Waals surface area (Å²) in [4.78, 5) is 4.35. The van der Waals surface area contributed by atoms with E-state index in [1.807, 2.05) is 0 Å². The number of nitrogens with zero attached hydrogens (tertiary/aromatic N) is 4. The van der Waals surface area contributed by atoms with Crippen LogP contribution in [0.15, 0.2) is 16.9 Å². The van der Waals surface area contributed by atoms with Crippen LogP contribution in [0, 0.1) is 0 Å². The molecule has 2 N–H and O–H groups in total. The van der Waals surface area contributed by atoms with E-state index in [0.717, 1.165) is 19.3 Å². The fourth-order valence-electron chi connectivity index (χ4n) is 2.01. The third-order valence-corrected chi connectivity index (χ3v) is 3.51. The zero-order valence-corrected chi connectivity index (χ0v) is 10.6. The van der Waals surface area contributed by atoms with Crippen molar-refractivity contribution in [3.05, 3.63) is 29.1 Å². The average molecular weight is 268 g/mol. The van der Waals surface area contributed by atoms with E-state index in [1.165, 1.54) is 0 Å². The second-order valence-electron chi connectivity index (χ2n) is 4.69. The number of hydrogen-bond donors (Lipinski definition) is 1. The molecule has 1 aliphatic carbocycles. The molecule has 0 radical (unpaired) electrons. The summed E-state index contributed by atoms with van der Waals surface area (Å²) in [6, 6.07) is 0. The molecule has 2 aromatic heterocycles. The van der Waals surface area contributed by atoms with Gasteiger partial charge in [-0.3, -0.25) is 4.68 Å². The van der Waals surface area contributed by atoms with Gasteiger partial charge in [-0.25, -0.2) is 0 Å². The molecule has 3 rings (SSSR count). The molecule has 1 fully saturated rings. The van der Waals surface area contributed by atoms with Gasteiger partial charge in [0.2, 0.25) is 5.89 Å². The Kier molecular flexibility index (Phi) is 2.83. The summed E-state index contributed by atoms with van der Waals surface area (Å²) in [5.74, 6) is 1.22. The van der Waals surface area contributed by atoms with E-state index in [-0.39, 0.29) is 5.54 Å². The molecule has 6 nitrogen and oxygen atoms in total. The lowest BCUT2D eigenvalue weighted by Crippen LogP contribution is -2.44. The summed E-state index contributed by atoms with van der Waals surface area (Å²) >= 11 is 5.78. The lowest BCUT2D eigenvalue weighted by Gasteiger charge is -2.34. The number of aryl methyl sites for hydroxylation is 2. The molecule has 0 saturated heterocycles. The third-order valence-electron chi connectivity index (χ3n) is 3.32. The Morgan fingerprint density at radius 2 is 2.33 bits per heavy atom. The average Bonchev–Trinajstić information content (AvgIpc) is 2.92. The summed E-state index contributed by atoms with van der Waals surface area (Å²) in [6.07, 6.45) is 6.98. The first-order valence-electron chi connectivity index (χ1n) is 5.96. The van der Waals surface area contributed by atoms with E-state index < -0.39 is 0 Å². The molecule has 1 saturated carbocycles. The van der Waals surface area contributed by atoms with Gasteiger partial charge in [0.25, 0.3) is 0 Å². The largest absolute Gasteiger partial charge is 0.339 e. The Labute approximate surface area is 109 Å². The van der Waals surface area contributed by atoms with Crippen molar-refractivity contribution < 1.29 is 4.52 Å². The number of aromatic nitrogens is 4. The first-order valence-corrected chi connectivity index (χ1v) is 6.33. The number of nitrogens with two attached hydrogens (primary N) is 1. The standard InChI is InChI=1S/C11H14ClN5O/c12-8-6-14-17(7-8)5-2-9-15-10(16-18-9)11(13)3-1-4-11/h6-7H,1-5,13H2. The van der Waals surface area contributed by atoms with E-state index >= 15 is 0 Å². The normalized spacial score (nSPS) is 17.7. The summed E-state index contributed by atoms with van der Waals surface area (Å²) in [5, 5.41) is 8.67. The van der Waals surface area contributed by atoms with Gasteiger partial charge in [0.05, 0.1) is 16.8 Å². The van der Waals surface area contributed by atoms with Crippen LogP contribution in [0.1, 0.15) is 31.0 Å². The number of rotatable bonds is 4. The maximum Gasteiger partial charge on any atom is 0.228 e. The highest BCUT2D eigenvalue weighted by Gasteiger charge is 2.38. The maximum atomic E-state index is 6.13. The highest BCUT2D eigenvalue weighted by Crippen LogP contribution is 2.36. The van der Waals surface area contributed by atoms with E-state index in [0.29, 0.717) is 29.7 Å². The van der Waals surface area contributed by atoms with Crippen molar-refractivity contribution in [1.29, 1.82) is 0 Å². The molecule has 0 aliphatic heterocycles. The predicted molar refractivity (Wildman–Crippen MR) is 65.0 cm³/mol. The maximum absolute atomic E-state index is 6.13. The minimum atomic E-state index is -0.364. The summed E-state index contributed by atoms with van der Waals surface area (Å²) in [7, 11) is 0. The van der Waals surface area contributed by atoms with Gasteiger partial charge >= 0.3 is 0 Å². The fraction of sp³-hybridized carbons (Fsp3) is 0.545. The Hall–Kier alpha value is -1.40. The molecule has 7 heteroatoms. The van der Waals surface area contributed by atoms with Crippen molar-refractivity contribution in [2.24, 2.45) is 5.73 Å². The molecular weight excluding hydrogens is 254 g/mol. The van der Waals surface area contributed by atoms with Crippen molar-refractivity contribution >= 4 is 11.6 Å². The van der Waals surface area contributed by atoms with Crippen molar-refractivity contribution in [2.75, 3.05) is 0 Å². The van der Waals surface area contributed by atoms with Gasteiger partial charge in [0, 0.05) is 19.2 Å². The summed E-state index contributed by atoms with van der Waals surface area (Å²) in [6.45, 7) is 0.659. The van der Waals surface area contributed by atoms with Gasteiger partial charge in [-0.15, -0.1) is 0 Å². The summed E-state index contributed by atoms with van der Waals surface area (Å²) in [5.41, 5.74) is 5.76. The predicted octanol–water partition coefficient (Wildman–Crippen LogP) is 1.50. The molecule has 96 valence electrons. The van der Waals surface area contributed by atoms with Gasteiger partial charge in [-0.2, -0.15) is 10.1 Å². The zero-order chi connectivity index (χ0) is 12.6. The second-order valence-corrected chi connectivity index (χ2v) is 5.13. The van der Waals surface area contributed by atoms with E-state index in [4.69, 9.17) is 21.9 Å². The minimum Gasteiger partial charge on any atom is -0.339 e. The molecular formula is C11H14ClN5O. The quantitative estimate of drug-likeness (QED) is 0.908. The lowest BCUT2D eigenvalue weighted by atomic mass is 9.77. The van der Waals surface area contributed by atoms with E-state index in [1.54, 1.807) is 17.1 Å².